The molecule has 1 saturated heterocycles. The van der Waals surface area contributed by atoms with Crippen LogP contribution < -0.4 is 14.4 Å². The zero-order valence-electron chi connectivity index (χ0n) is 31.9. The molecule has 1 amide bonds. The van der Waals surface area contributed by atoms with E-state index in [1.165, 1.54) is 57.8 Å². The lowest BCUT2D eigenvalue weighted by molar-refractivity contribution is -0.137. The van der Waals surface area contributed by atoms with Crippen molar-refractivity contribution in [2.75, 3.05) is 44.8 Å². The second-order valence-corrected chi connectivity index (χ2v) is 16.2. The largest absolute Gasteiger partial charge is 0.497 e. The van der Waals surface area contributed by atoms with Crippen molar-refractivity contribution in [3.8, 4) is 11.5 Å². The molecule has 0 spiro atoms. The van der Waals surface area contributed by atoms with E-state index in [9.17, 15) is 14.7 Å². The molecular weight excluding hydrogens is 624 g/mol. The van der Waals surface area contributed by atoms with Gasteiger partial charge in [-0.2, -0.15) is 0 Å². The molecule has 7 heteroatoms. The van der Waals surface area contributed by atoms with E-state index in [0.29, 0.717) is 18.4 Å². The van der Waals surface area contributed by atoms with E-state index in [-0.39, 0.29) is 23.7 Å². The standard InChI is InChI=1S/C43H66N2O5/c1-6-7-8-9-10-11-12-13-14-15-25-45(32-43(2,3)4)42(48)38-22-21-36(49-5)29-40(38)44-26-23-33(24-27-44)31-50-37-18-16-17-35(28-37)39(30-41(46)47)34-19-20-34/h16-18,21-22,28-29,33-34,39H,6-15,19-20,23-27,30-32H2,1-5H3,(H,46,47). The van der Waals surface area contributed by atoms with Gasteiger partial charge in [0.25, 0.3) is 5.91 Å². The zero-order valence-corrected chi connectivity index (χ0v) is 31.9. The molecule has 1 aliphatic heterocycles. The van der Waals surface area contributed by atoms with Gasteiger partial charge in [0.05, 0.1) is 31.4 Å². The van der Waals surface area contributed by atoms with Gasteiger partial charge in [-0.1, -0.05) is 97.6 Å². The molecular formula is C43H66N2O5. The van der Waals surface area contributed by atoms with E-state index in [2.05, 4.69) is 37.5 Å². The Bertz CT molecular complexity index is 1320. The van der Waals surface area contributed by atoms with Gasteiger partial charge < -0.3 is 24.4 Å². The molecule has 1 aliphatic carbocycles. The number of methoxy groups -OCH3 is 1. The first-order valence-corrected chi connectivity index (χ1v) is 19.7. The van der Waals surface area contributed by atoms with Gasteiger partial charge in [-0.25, -0.2) is 0 Å². The molecule has 50 heavy (non-hydrogen) atoms. The number of carbonyl (C=O) groups excluding carboxylic acids is 1. The van der Waals surface area contributed by atoms with Crippen molar-refractivity contribution in [2.45, 2.75) is 130 Å². The summed E-state index contributed by atoms with van der Waals surface area (Å²) in [5.74, 6) is 1.91. The van der Waals surface area contributed by atoms with E-state index in [1.54, 1.807) is 7.11 Å². The highest BCUT2D eigenvalue weighted by molar-refractivity contribution is 6.00. The Kier molecular flexibility index (Phi) is 15.8. The Hall–Kier alpha value is -3.22. The number of carboxylic acid groups (broad SMARTS) is 1. The van der Waals surface area contributed by atoms with Gasteiger partial charge in [0, 0.05) is 32.2 Å². The fourth-order valence-electron chi connectivity index (χ4n) is 7.50. The number of amides is 1. The lowest BCUT2D eigenvalue weighted by Gasteiger charge is -2.36. The highest BCUT2D eigenvalue weighted by Crippen LogP contribution is 2.45. The summed E-state index contributed by atoms with van der Waals surface area (Å²) in [7, 11) is 1.69. The summed E-state index contributed by atoms with van der Waals surface area (Å²) in [6, 6.07) is 14.0. The summed E-state index contributed by atoms with van der Waals surface area (Å²) in [6.45, 7) is 12.8. The fraction of sp³-hybridized carbons (Fsp3) is 0.674. The van der Waals surface area contributed by atoms with Gasteiger partial charge in [0.2, 0.25) is 0 Å². The van der Waals surface area contributed by atoms with E-state index in [1.807, 2.05) is 42.5 Å². The normalized spacial score (nSPS) is 15.9. The van der Waals surface area contributed by atoms with Crippen LogP contribution in [0.4, 0.5) is 5.69 Å². The van der Waals surface area contributed by atoms with Gasteiger partial charge in [-0.3, -0.25) is 9.59 Å². The van der Waals surface area contributed by atoms with Crippen LogP contribution in [0.25, 0.3) is 0 Å². The minimum atomic E-state index is -0.739. The number of carboxylic acids is 1. The van der Waals surface area contributed by atoms with E-state index >= 15 is 0 Å². The third-order valence-corrected chi connectivity index (χ3v) is 10.5. The first kappa shape index (κ1) is 39.6. The third-order valence-electron chi connectivity index (χ3n) is 10.5. The zero-order chi connectivity index (χ0) is 35.9. The second kappa shape index (κ2) is 20.0. The SMILES string of the molecule is CCCCCCCCCCCCN(CC(C)(C)C)C(=O)c1ccc(OC)cc1N1CCC(COc2cccc(C(CC(=O)O)C3CC3)c2)CC1. The Morgan fingerprint density at radius 2 is 1.54 bits per heavy atom. The van der Waals surface area contributed by atoms with Gasteiger partial charge in [0.15, 0.2) is 0 Å². The molecule has 1 N–H and O–H groups in total. The van der Waals surface area contributed by atoms with Crippen LogP contribution in [0.1, 0.15) is 146 Å². The predicted molar refractivity (Wildman–Crippen MR) is 205 cm³/mol. The van der Waals surface area contributed by atoms with Crippen LogP contribution in [0.15, 0.2) is 42.5 Å². The summed E-state index contributed by atoms with van der Waals surface area (Å²) in [5, 5.41) is 9.45. The maximum absolute atomic E-state index is 14.3. The Labute approximate surface area is 303 Å². The first-order valence-electron chi connectivity index (χ1n) is 19.7. The molecule has 0 aromatic heterocycles. The average Bonchev–Trinajstić information content (AvgIpc) is 3.95. The van der Waals surface area contributed by atoms with Crippen molar-refractivity contribution in [3.05, 3.63) is 53.6 Å². The molecule has 1 saturated carbocycles. The molecule has 2 fully saturated rings. The van der Waals surface area contributed by atoms with E-state index in [0.717, 1.165) is 86.6 Å². The summed E-state index contributed by atoms with van der Waals surface area (Å²) >= 11 is 0. The van der Waals surface area contributed by atoms with E-state index in [4.69, 9.17) is 9.47 Å². The summed E-state index contributed by atoms with van der Waals surface area (Å²) in [5.41, 5.74) is 2.81. The minimum Gasteiger partial charge on any atom is -0.497 e. The Morgan fingerprint density at radius 1 is 0.880 bits per heavy atom. The van der Waals surface area contributed by atoms with Crippen molar-refractivity contribution in [3.63, 3.8) is 0 Å². The number of ether oxygens (including phenoxy) is 2. The number of benzene rings is 2. The van der Waals surface area contributed by atoms with Crippen LogP contribution in [0.2, 0.25) is 0 Å². The molecule has 0 radical (unpaired) electrons. The minimum absolute atomic E-state index is 0.00765. The molecule has 0 bridgehead atoms. The molecule has 7 nitrogen and oxygen atoms in total. The average molecular weight is 691 g/mol. The highest BCUT2D eigenvalue weighted by atomic mass is 16.5. The molecule has 2 aromatic carbocycles. The highest BCUT2D eigenvalue weighted by Gasteiger charge is 2.34. The first-order chi connectivity index (χ1) is 24.1. The number of rotatable bonds is 22. The molecule has 2 aromatic rings. The fourth-order valence-corrected chi connectivity index (χ4v) is 7.50. The van der Waals surface area contributed by atoms with Crippen LogP contribution in [-0.4, -0.2) is 61.8 Å². The monoisotopic (exact) mass is 690 g/mol. The lowest BCUT2D eigenvalue weighted by atomic mass is 9.91. The summed E-state index contributed by atoms with van der Waals surface area (Å²) < 4.78 is 11.9. The molecule has 278 valence electrons. The smallest absolute Gasteiger partial charge is 0.303 e. The number of aliphatic carboxylic acids is 1. The Balaban J connectivity index is 1.33. The van der Waals surface area contributed by atoms with Crippen LogP contribution in [0, 0.1) is 17.3 Å². The molecule has 2 aliphatic rings. The number of piperidine rings is 1. The van der Waals surface area contributed by atoms with Crippen LogP contribution in [0.3, 0.4) is 0 Å². The van der Waals surface area contributed by atoms with Gasteiger partial charge in [0.1, 0.15) is 11.5 Å². The number of anilines is 1. The van der Waals surface area contributed by atoms with Crippen molar-refractivity contribution >= 4 is 17.6 Å². The summed E-state index contributed by atoms with van der Waals surface area (Å²) in [6.07, 6.45) is 17.1. The van der Waals surface area contributed by atoms with E-state index < -0.39 is 5.97 Å². The topological polar surface area (TPSA) is 79.3 Å². The number of unbranched alkanes of at least 4 members (excludes halogenated alkanes) is 9. The molecule has 4 rings (SSSR count). The Morgan fingerprint density at radius 3 is 2.14 bits per heavy atom. The quantitative estimate of drug-likeness (QED) is 0.124. The third kappa shape index (κ3) is 13.2. The van der Waals surface area contributed by atoms with Gasteiger partial charge in [-0.05, 0) is 85.1 Å². The predicted octanol–water partition coefficient (Wildman–Crippen LogP) is 10.4. The molecule has 1 atom stereocenters. The molecule has 1 unspecified atom stereocenters. The number of hydrogen-bond donors (Lipinski definition) is 1. The van der Waals surface area contributed by atoms with Crippen LogP contribution in [-0.2, 0) is 4.79 Å². The van der Waals surface area contributed by atoms with Crippen LogP contribution in [0.5, 0.6) is 11.5 Å². The lowest BCUT2D eigenvalue weighted by Crippen LogP contribution is -2.40. The van der Waals surface area contributed by atoms with Crippen molar-refractivity contribution in [1.29, 1.82) is 0 Å². The van der Waals surface area contributed by atoms with Gasteiger partial charge in [-0.15, -0.1) is 0 Å². The number of hydrogen-bond acceptors (Lipinski definition) is 5. The second-order valence-electron chi connectivity index (χ2n) is 16.2. The van der Waals surface area contributed by atoms with Gasteiger partial charge >= 0.3 is 5.97 Å². The van der Waals surface area contributed by atoms with Crippen molar-refractivity contribution in [2.24, 2.45) is 17.3 Å². The number of carbonyl (C=O) groups is 2. The maximum Gasteiger partial charge on any atom is 0.303 e. The van der Waals surface area contributed by atoms with Crippen molar-refractivity contribution in [1.82, 2.24) is 4.90 Å². The maximum atomic E-state index is 14.3. The van der Waals surface area contributed by atoms with Crippen molar-refractivity contribution < 1.29 is 24.2 Å². The van der Waals surface area contributed by atoms with Crippen LogP contribution >= 0.6 is 0 Å². The summed E-state index contributed by atoms with van der Waals surface area (Å²) in [4.78, 5) is 30.2. The molecule has 1 heterocycles. The number of nitrogens with zero attached hydrogens (tertiary/aromatic N) is 2.